The normalized spacial score (nSPS) is 17.9. The first-order valence-electron chi connectivity index (χ1n) is 9.37. The van der Waals surface area contributed by atoms with Crippen LogP contribution in [0.15, 0.2) is 59.8 Å². The molecule has 0 aliphatic heterocycles. The quantitative estimate of drug-likeness (QED) is 0.660. The van der Waals surface area contributed by atoms with Crippen molar-refractivity contribution in [2.24, 2.45) is 0 Å². The van der Waals surface area contributed by atoms with Gasteiger partial charge in [-0.2, -0.15) is 0 Å². The zero-order valence-electron chi connectivity index (χ0n) is 16.8. The zero-order chi connectivity index (χ0) is 21.0. The Bertz CT molecular complexity index is 1230. The maximum absolute atomic E-state index is 13.4. The summed E-state index contributed by atoms with van der Waals surface area (Å²) in [6, 6.07) is 12.7. The van der Waals surface area contributed by atoms with Crippen molar-refractivity contribution in [1.82, 2.24) is 9.97 Å². The van der Waals surface area contributed by atoms with Crippen molar-refractivity contribution in [2.75, 3.05) is 6.26 Å². The van der Waals surface area contributed by atoms with Crippen LogP contribution < -0.4 is 0 Å². The molecule has 3 aromatic rings. The number of hydrogen-bond acceptors (Lipinski definition) is 5. The fourth-order valence-electron chi connectivity index (χ4n) is 3.98. The van der Waals surface area contributed by atoms with E-state index in [4.69, 9.17) is 0 Å². The Morgan fingerprint density at radius 3 is 2.31 bits per heavy atom. The fourth-order valence-corrected chi connectivity index (χ4v) is 4.66. The number of ketones is 1. The van der Waals surface area contributed by atoms with E-state index in [9.17, 15) is 13.2 Å². The first-order chi connectivity index (χ1) is 13.6. The lowest BCUT2D eigenvalue weighted by atomic mass is 9.83. The second-order valence-electron chi connectivity index (χ2n) is 8.09. The average molecular weight is 407 g/mol. The molecule has 0 amide bonds. The van der Waals surface area contributed by atoms with E-state index in [1.807, 2.05) is 45.0 Å². The number of aryl methyl sites for hydroxylation is 1. The lowest BCUT2D eigenvalue weighted by molar-refractivity contribution is -0.122. The van der Waals surface area contributed by atoms with Crippen LogP contribution in [0.1, 0.15) is 42.3 Å². The monoisotopic (exact) mass is 406 g/mol. The van der Waals surface area contributed by atoms with Crippen molar-refractivity contribution in [3.8, 4) is 11.1 Å². The van der Waals surface area contributed by atoms with Crippen molar-refractivity contribution < 1.29 is 13.2 Å². The molecule has 0 saturated heterocycles. The largest absolute Gasteiger partial charge is 0.298 e. The molecule has 0 saturated carbocycles. The topological polar surface area (TPSA) is 77.0 Å². The number of aromatic nitrogens is 2. The van der Waals surface area contributed by atoms with Crippen molar-refractivity contribution in [1.29, 1.82) is 0 Å². The van der Waals surface area contributed by atoms with Gasteiger partial charge in [-0.05, 0) is 61.2 Å². The number of nitrogens with zero attached hydrogens (tertiary/aromatic N) is 2. The molecule has 4 rings (SSSR count). The van der Waals surface area contributed by atoms with Gasteiger partial charge in [-0.15, -0.1) is 0 Å². The summed E-state index contributed by atoms with van der Waals surface area (Å²) in [4.78, 5) is 22.1. The summed E-state index contributed by atoms with van der Waals surface area (Å²) < 4.78 is 24.0. The molecular formula is C23H22N2O3S. The van der Waals surface area contributed by atoms with Crippen molar-refractivity contribution in [3.05, 3.63) is 77.4 Å². The highest BCUT2D eigenvalue weighted by Crippen LogP contribution is 2.47. The van der Waals surface area contributed by atoms with Gasteiger partial charge in [0, 0.05) is 29.6 Å². The second-order valence-corrected chi connectivity index (χ2v) is 10.1. The van der Waals surface area contributed by atoms with Crippen molar-refractivity contribution in [3.63, 3.8) is 0 Å². The molecule has 0 bridgehead atoms. The van der Waals surface area contributed by atoms with Gasteiger partial charge >= 0.3 is 0 Å². The maximum atomic E-state index is 13.4. The molecule has 5 nitrogen and oxygen atoms in total. The Kier molecular flexibility index (Phi) is 4.42. The van der Waals surface area contributed by atoms with Crippen LogP contribution in [0.4, 0.5) is 0 Å². The summed E-state index contributed by atoms with van der Waals surface area (Å²) in [7, 11) is -3.36. The maximum Gasteiger partial charge on any atom is 0.175 e. The van der Waals surface area contributed by atoms with Crippen LogP contribution in [0.3, 0.4) is 0 Å². The standard InChI is InChI=1S/C23H22N2O3S/c1-14-24-12-17(13-25-14)15-8-9-20-19(11-15)21(22(26)23(20,2)3)16-6-5-7-18(10-16)29(4,27)28/h5-13,21H,1-4H3. The molecular weight excluding hydrogens is 384 g/mol. The Hall–Kier alpha value is -2.86. The number of rotatable bonds is 3. The Morgan fingerprint density at radius 2 is 1.66 bits per heavy atom. The first-order valence-corrected chi connectivity index (χ1v) is 11.3. The Balaban J connectivity index is 1.89. The number of fused-ring (bicyclic) bond motifs is 1. The highest BCUT2D eigenvalue weighted by Gasteiger charge is 2.46. The van der Waals surface area contributed by atoms with Gasteiger partial charge in [0.1, 0.15) is 5.82 Å². The van der Waals surface area contributed by atoms with Crippen LogP contribution in [0.25, 0.3) is 11.1 Å². The van der Waals surface area contributed by atoms with E-state index < -0.39 is 21.2 Å². The van der Waals surface area contributed by atoms with Gasteiger partial charge in [-0.3, -0.25) is 4.79 Å². The number of hydrogen-bond donors (Lipinski definition) is 0. The number of carbonyl (C=O) groups excluding carboxylic acids is 1. The zero-order valence-corrected chi connectivity index (χ0v) is 17.6. The molecule has 0 N–H and O–H groups in total. The number of Topliss-reactive ketones (excluding diaryl/α,β-unsaturated/α-hetero) is 1. The molecule has 2 aromatic carbocycles. The summed E-state index contributed by atoms with van der Waals surface area (Å²) in [5, 5.41) is 0. The van der Waals surface area contributed by atoms with Gasteiger partial charge in [0.2, 0.25) is 0 Å². The molecule has 1 heterocycles. The molecule has 0 radical (unpaired) electrons. The van der Waals surface area contributed by atoms with E-state index in [1.165, 1.54) is 6.26 Å². The smallest absolute Gasteiger partial charge is 0.175 e. The van der Waals surface area contributed by atoms with E-state index >= 15 is 0 Å². The fraction of sp³-hybridized carbons (Fsp3) is 0.261. The molecule has 29 heavy (non-hydrogen) atoms. The molecule has 1 atom stereocenters. The summed E-state index contributed by atoms with van der Waals surface area (Å²) >= 11 is 0. The third-order valence-corrected chi connectivity index (χ3v) is 6.76. The predicted octanol–water partition coefficient (Wildman–Crippen LogP) is 3.85. The molecule has 0 fully saturated rings. The van der Waals surface area contributed by atoms with E-state index in [0.29, 0.717) is 11.4 Å². The number of sulfone groups is 1. The van der Waals surface area contributed by atoms with Gasteiger partial charge in [-0.25, -0.2) is 18.4 Å². The van der Waals surface area contributed by atoms with Crippen LogP contribution in [0.5, 0.6) is 0 Å². The lowest BCUT2D eigenvalue weighted by Crippen LogP contribution is -2.26. The van der Waals surface area contributed by atoms with E-state index in [0.717, 1.165) is 22.3 Å². The van der Waals surface area contributed by atoms with Gasteiger partial charge in [0.25, 0.3) is 0 Å². The van der Waals surface area contributed by atoms with E-state index in [2.05, 4.69) is 9.97 Å². The Morgan fingerprint density at radius 1 is 0.966 bits per heavy atom. The molecule has 1 aliphatic carbocycles. The minimum absolute atomic E-state index is 0.0652. The summed E-state index contributed by atoms with van der Waals surface area (Å²) in [5.74, 6) is 0.255. The van der Waals surface area contributed by atoms with Crippen molar-refractivity contribution >= 4 is 15.6 Å². The van der Waals surface area contributed by atoms with Crippen molar-refractivity contribution in [2.45, 2.75) is 37.0 Å². The van der Waals surface area contributed by atoms with Gasteiger partial charge in [-0.1, -0.05) is 24.3 Å². The highest BCUT2D eigenvalue weighted by atomic mass is 32.2. The highest BCUT2D eigenvalue weighted by molar-refractivity contribution is 7.90. The second kappa shape index (κ2) is 6.59. The van der Waals surface area contributed by atoms with Gasteiger partial charge in [0.15, 0.2) is 15.6 Å². The molecule has 6 heteroatoms. The molecule has 1 unspecified atom stereocenters. The van der Waals surface area contributed by atoms with Gasteiger partial charge in [0.05, 0.1) is 10.8 Å². The van der Waals surface area contributed by atoms with Crippen LogP contribution in [-0.2, 0) is 20.0 Å². The minimum Gasteiger partial charge on any atom is -0.298 e. The predicted molar refractivity (Wildman–Crippen MR) is 112 cm³/mol. The first kappa shape index (κ1) is 19.5. The SMILES string of the molecule is Cc1ncc(-c2ccc3c(c2)C(c2cccc(S(C)(=O)=O)c2)C(=O)C3(C)C)cn1. The molecule has 1 aromatic heterocycles. The van der Waals surface area contributed by atoms with E-state index in [1.54, 1.807) is 30.6 Å². The number of benzene rings is 2. The molecule has 0 spiro atoms. The third-order valence-electron chi connectivity index (χ3n) is 5.65. The summed E-state index contributed by atoms with van der Waals surface area (Å²) in [6.07, 6.45) is 4.71. The van der Waals surface area contributed by atoms with E-state index in [-0.39, 0.29) is 10.7 Å². The average Bonchev–Trinajstić information content (AvgIpc) is 2.87. The van der Waals surface area contributed by atoms with Crippen LogP contribution in [-0.4, -0.2) is 30.4 Å². The third kappa shape index (κ3) is 3.27. The summed E-state index contributed by atoms with van der Waals surface area (Å²) in [5.41, 5.74) is 3.72. The van der Waals surface area contributed by atoms with Crippen LogP contribution in [0, 0.1) is 6.92 Å². The number of carbonyl (C=O) groups is 1. The Labute approximate surface area is 170 Å². The molecule has 148 valence electrons. The van der Waals surface area contributed by atoms with Gasteiger partial charge < -0.3 is 0 Å². The summed E-state index contributed by atoms with van der Waals surface area (Å²) in [6.45, 7) is 5.67. The van der Waals surface area contributed by atoms with Crippen LogP contribution >= 0.6 is 0 Å². The van der Waals surface area contributed by atoms with Crippen LogP contribution in [0.2, 0.25) is 0 Å². The molecule has 1 aliphatic rings. The minimum atomic E-state index is -3.36. The lowest BCUT2D eigenvalue weighted by Gasteiger charge is -2.18.